The van der Waals surface area contributed by atoms with Crippen LogP contribution in [-0.4, -0.2) is 15.7 Å². The van der Waals surface area contributed by atoms with Crippen molar-refractivity contribution in [3.8, 4) is 0 Å². The quantitative estimate of drug-likeness (QED) is 0.849. The first-order chi connectivity index (χ1) is 9.98. The molecule has 0 amide bonds. The lowest BCUT2D eigenvalue weighted by molar-refractivity contribution is 0.384. The topological polar surface area (TPSA) is 63.0 Å². The van der Waals surface area contributed by atoms with E-state index in [0.29, 0.717) is 18.5 Å². The van der Waals surface area contributed by atoms with Crippen LogP contribution in [0.15, 0.2) is 28.7 Å². The lowest BCUT2D eigenvalue weighted by atomic mass is 10.1. The van der Waals surface area contributed by atoms with Crippen LogP contribution in [0.25, 0.3) is 0 Å². The van der Waals surface area contributed by atoms with Gasteiger partial charge in [-0.25, -0.2) is 0 Å². The number of nitrogens with one attached hydrogen (secondary N) is 2. The second kappa shape index (κ2) is 6.72. The molecule has 2 N–H and O–H groups in total. The Morgan fingerprint density at radius 3 is 2.62 bits per heavy atom. The van der Waals surface area contributed by atoms with E-state index in [2.05, 4.69) is 54.6 Å². The van der Waals surface area contributed by atoms with E-state index in [-0.39, 0.29) is 5.54 Å². The summed E-state index contributed by atoms with van der Waals surface area (Å²) in [5.41, 5.74) is 2.31. The third-order valence-electron chi connectivity index (χ3n) is 3.02. The second-order valence-corrected chi connectivity index (χ2v) is 6.14. The summed E-state index contributed by atoms with van der Waals surface area (Å²) in [6, 6.07) is 8.62. The molecule has 2 rings (SSSR count). The molecular formula is C16H24N4O. The van der Waals surface area contributed by atoms with Crippen LogP contribution in [0.1, 0.15) is 45.6 Å². The van der Waals surface area contributed by atoms with Crippen LogP contribution in [0.3, 0.4) is 0 Å². The zero-order valence-corrected chi connectivity index (χ0v) is 13.2. The highest BCUT2D eigenvalue weighted by molar-refractivity contribution is 5.57. The van der Waals surface area contributed by atoms with Crippen LogP contribution in [0.2, 0.25) is 0 Å². The highest BCUT2D eigenvalue weighted by Gasteiger charge is 2.12. The molecule has 0 saturated heterocycles. The largest absolute Gasteiger partial charge is 0.406 e. The molecule has 0 aliphatic carbocycles. The number of rotatable bonds is 6. The highest BCUT2D eigenvalue weighted by atomic mass is 16.4. The van der Waals surface area contributed by atoms with Crippen LogP contribution in [-0.2, 0) is 13.0 Å². The molecule has 1 aromatic heterocycles. The van der Waals surface area contributed by atoms with Gasteiger partial charge in [-0.3, -0.25) is 0 Å². The van der Waals surface area contributed by atoms with Gasteiger partial charge >= 0.3 is 6.01 Å². The lowest BCUT2D eigenvalue weighted by Gasteiger charge is -2.18. The van der Waals surface area contributed by atoms with Crippen LogP contribution < -0.4 is 10.6 Å². The maximum atomic E-state index is 5.62. The second-order valence-electron chi connectivity index (χ2n) is 6.14. The first-order valence-corrected chi connectivity index (χ1v) is 7.40. The third kappa shape index (κ3) is 4.86. The monoisotopic (exact) mass is 288 g/mol. The summed E-state index contributed by atoms with van der Waals surface area (Å²) < 4.78 is 5.62. The molecule has 5 heteroatoms. The molecule has 0 spiro atoms. The van der Waals surface area contributed by atoms with Crippen molar-refractivity contribution >= 4 is 11.7 Å². The van der Waals surface area contributed by atoms with Gasteiger partial charge < -0.3 is 15.1 Å². The van der Waals surface area contributed by atoms with E-state index < -0.39 is 0 Å². The van der Waals surface area contributed by atoms with Crippen molar-refractivity contribution in [2.75, 3.05) is 5.32 Å². The zero-order chi connectivity index (χ0) is 15.3. The van der Waals surface area contributed by atoms with Gasteiger partial charge in [0.25, 0.3) is 0 Å². The summed E-state index contributed by atoms with van der Waals surface area (Å²) in [7, 11) is 0. The van der Waals surface area contributed by atoms with Crippen molar-refractivity contribution in [1.82, 2.24) is 15.5 Å². The van der Waals surface area contributed by atoms with Gasteiger partial charge in [0.05, 0.1) is 6.54 Å². The normalized spacial score (nSPS) is 11.6. The number of anilines is 2. The summed E-state index contributed by atoms with van der Waals surface area (Å²) in [5, 5.41) is 14.6. The smallest absolute Gasteiger partial charge is 0.320 e. The molecule has 0 unspecified atom stereocenters. The zero-order valence-electron chi connectivity index (χ0n) is 13.2. The van der Waals surface area contributed by atoms with Gasteiger partial charge in [-0.1, -0.05) is 36.6 Å². The average molecular weight is 288 g/mol. The first-order valence-electron chi connectivity index (χ1n) is 7.40. The van der Waals surface area contributed by atoms with Crippen LogP contribution in [0, 0.1) is 0 Å². The summed E-state index contributed by atoms with van der Waals surface area (Å²) in [4.78, 5) is 0. The van der Waals surface area contributed by atoms with Crippen LogP contribution in [0.5, 0.6) is 0 Å². The van der Waals surface area contributed by atoms with Gasteiger partial charge in [-0.15, -0.1) is 5.10 Å². The van der Waals surface area contributed by atoms with E-state index in [1.165, 1.54) is 5.56 Å². The fourth-order valence-electron chi connectivity index (χ4n) is 1.96. The molecule has 0 saturated carbocycles. The molecule has 0 aliphatic rings. The average Bonchev–Trinajstić information content (AvgIpc) is 2.86. The maximum absolute atomic E-state index is 5.62. The van der Waals surface area contributed by atoms with Crippen molar-refractivity contribution in [2.45, 2.75) is 52.6 Å². The van der Waals surface area contributed by atoms with E-state index in [1.807, 2.05) is 18.2 Å². The minimum Gasteiger partial charge on any atom is -0.406 e. The number of nitrogens with zero attached hydrogens (tertiary/aromatic N) is 2. The summed E-state index contributed by atoms with van der Waals surface area (Å²) >= 11 is 0. The minimum absolute atomic E-state index is 0.0236. The Kier molecular flexibility index (Phi) is 4.96. The third-order valence-corrected chi connectivity index (χ3v) is 3.02. The lowest BCUT2D eigenvalue weighted by Crippen LogP contribution is -2.35. The van der Waals surface area contributed by atoms with Crippen molar-refractivity contribution < 1.29 is 4.42 Å². The van der Waals surface area contributed by atoms with E-state index in [9.17, 15) is 0 Å². The van der Waals surface area contributed by atoms with E-state index >= 15 is 0 Å². The Labute approximate surface area is 126 Å². The molecule has 1 aromatic carbocycles. The van der Waals surface area contributed by atoms with Crippen molar-refractivity contribution in [2.24, 2.45) is 0 Å². The van der Waals surface area contributed by atoms with E-state index in [1.54, 1.807) is 0 Å². The molecule has 21 heavy (non-hydrogen) atoms. The van der Waals surface area contributed by atoms with E-state index in [0.717, 1.165) is 18.5 Å². The van der Waals surface area contributed by atoms with Crippen molar-refractivity contribution in [3.05, 3.63) is 35.7 Å². The van der Waals surface area contributed by atoms with Gasteiger partial charge in [0.1, 0.15) is 0 Å². The van der Waals surface area contributed by atoms with Gasteiger partial charge in [-0.2, -0.15) is 0 Å². The molecule has 114 valence electrons. The van der Waals surface area contributed by atoms with Crippen LogP contribution >= 0.6 is 0 Å². The Balaban J connectivity index is 2.02. The van der Waals surface area contributed by atoms with Crippen molar-refractivity contribution in [3.63, 3.8) is 0 Å². The number of para-hydroxylation sites is 1. The number of hydrogen-bond donors (Lipinski definition) is 2. The summed E-state index contributed by atoms with van der Waals surface area (Å²) in [6.07, 6.45) is 2.12. The molecule has 0 radical (unpaired) electrons. The fourth-order valence-corrected chi connectivity index (χ4v) is 1.96. The predicted molar refractivity (Wildman–Crippen MR) is 84.6 cm³/mol. The first kappa shape index (κ1) is 15.5. The van der Waals surface area contributed by atoms with Gasteiger partial charge in [0, 0.05) is 11.2 Å². The molecule has 2 aromatic rings. The fraction of sp³-hybridized carbons (Fsp3) is 0.500. The van der Waals surface area contributed by atoms with Crippen molar-refractivity contribution in [1.29, 1.82) is 0 Å². The Hall–Kier alpha value is -1.88. The Bertz CT molecular complexity index is 572. The highest BCUT2D eigenvalue weighted by Crippen LogP contribution is 2.21. The number of hydrogen-bond acceptors (Lipinski definition) is 5. The molecule has 5 nitrogen and oxygen atoms in total. The van der Waals surface area contributed by atoms with E-state index in [4.69, 9.17) is 4.42 Å². The Morgan fingerprint density at radius 1 is 1.14 bits per heavy atom. The molecule has 0 atom stereocenters. The molecular weight excluding hydrogens is 264 g/mol. The number of benzene rings is 1. The standard InChI is InChI=1S/C16H24N4O/c1-5-8-12-9-6-7-10-13(12)18-15-20-19-14(21-15)11-17-16(2,3)4/h6-7,9-10,17H,5,8,11H2,1-4H3,(H,18,20). The number of aromatic nitrogens is 2. The van der Waals surface area contributed by atoms with Gasteiger partial charge in [0.15, 0.2) is 0 Å². The molecule has 0 fully saturated rings. The van der Waals surface area contributed by atoms with Gasteiger partial charge in [-0.05, 0) is 38.8 Å². The maximum Gasteiger partial charge on any atom is 0.320 e. The molecule has 1 heterocycles. The molecule has 0 bridgehead atoms. The van der Waals surface area contributed by atoms with Crippen LogP contribution in [0.4, 0.5) is 11.7 Å². The number of aryl methyl sites for hydroxylation is 1. The predicted octanol–water partition coefficient (Wildman–Crippen LogP) is 3.65. The minimum atomic E-state index is 0.0236. The summed E-state index contributed by atoms with van der Waals surface area (Å²) in [5.74, 6) is 0.584. The summed E-state index contributed by atoms with van der Waals surface area (Å²) in [6.45, 7) is 9.03. The van der Waals surface area contributed by atoms with Gasteiger partial charge in [0.2, 0.25) is 5.89 Å². The molecule has 0 aliphatic heterocycles. The Morgan fingerprint density at radius 2 is 1.90 bits per heavy atom. The SMILES string of the molecule is CCCc1ccccc1Nc1nnc(CNC(C)(C)C)o1.